The molecule has 3 nitrogen and oxygen atoms in total. The molecule has 1 aromatic carbocycles. The second-order valence-corrected chi connectivity index (χ2v) is 7.04. The number of benzene rings is 1. The Kier molecular flexibility index (Phi) is 5.51. The molecule has 0 saturated heterocycles. The largest absolute Gasteiger partial charge is 0.287 e. The summed E-state index contributed by atoms with van der Waals surface area (Å²) < 4.78 is 2.75. The van der Waals surface area contributed by atoms with Crippen molar-refractivity contribution in [1.82, 2.24) is 9.55 Å². The minimum absolute atomic E-state index is 0.0186. The molecule has 0 N–H and O–H groups in total. The van der Waals surface area contributed by atoms with Crippen LogP contribution in [-0.2, 0) is 6.54 Å². The number of thioether (sulfide) groups is 1. The predicted molar refractivity (Wildman–Crippen MR) is 94.7 cm³/mol. The monoisotopic (exact) mass is 420 g/mol. The fraction of sp³-hybridized carbons (Fsp3) is 0.286. The zero-order chi connectivity index (χ0) is 14.7. The molecule has 106 valence electrons. The van der Waals surface area contributed by atoms with Crippen LogP contribution in [0.4, 0.5) is 0 Å². The first-order valence-corrected chi connectivity index (χ1v) is 8.62. The lowest BCUT2D eigenvalue weighted by molar-refractivity contribution is 0.635. The molecule has 0 aliphatic heterocycles. The standard InChI is InChI=1S/C14H14ClIN2OS/c1-3-18-13(19)11-8-10(16)4-5-12(11)17-14(18)20-7-6-9(2)15/h4-6,8H,3,7H2,1-2H3/b9-6+. The van der Waals surface area contributed by atoms with Gasteiger partial charge in [-0.2, -0.15) is 0 Å². The highest BCUT2D eigenvalue weighted by atomic mass is 127. The van der Waals surface area contributed by atoms with E-state index in [0.29, 0.717) is 17.7 Å². The minimum Gasteiger partial charge on any atom is -0.287 e. The molecule has 0 saturated carbocycles. The van der Waals surface area contributed by atoms with E-state index >= 15 is 0 Å². The molecule has 0 radical (unpaired) electrons. The van der Waals surface area contributed by atoms with Crippen molar-refractivity contribution in [2.24, 2.45) is 0 Å². The van der Waals surface area contributed by atoms with Crippen molar-refractivity contribution in [3.05, 3.63) is 43.2 Å². The zero-order valence-corrected chi connectivity index (χ0v) is 14.9. The fourth-order valence-electron chi connectivity index (χ4n) is 1.79. The summed E-state index contributed by atoms with van der Waals surface area (Å²) >= 11 is 9.55. The maximum Gasteiger partial charge on any atom is 0.262 e. The molecule has 0 fully saturated rings. The van der Waals surface area contributed by atoms with Crippen molar-refractivity contribution < 1.29 is 0 Å². The number of allylic oxidation sites excluding steroid dienone is 1. The van der Waals surface area contributed by atoms with Gasteiger partial charge >= 0.3 is 0 Å². The van der Waals surface area contributed by atoms with E-state index < -0.39 is 0 Å². The van der Waals surface area contributed by atoms with E-state index in [1.807, 2.05) is 38.1 Å². The number of hydrogen-bond donors (Lipinski definition) is 0. The number of halogens is 2. The smallest absolute Gasteiger partial charge is 0.262 e. The number of rotatable bonds is 4. The summed E-state index contributed by atoms with van der Waals surface area (Å²) in [6.07, 6.45) is 1.91. The molecule has 0 bridgehead atoms. The Balaban J connectivity index is 2.52. The van der Waals surface area contributed by atoms with E-state index in [2.05, 4.69) is 27.6 Å². The van der Waals surface area contributed by atoms with E-state index in [0.717, 1.165) is 19.3 Å². The Morgan fingerprint density at radius 3 is 2.95 bits per heavy atom. The van der Waals surface area contributed by atoms with Gasteiger partial charge in [-0.15, -0.1) is 0 Å². The lowest BCUT2D eigenvalue weighted by atomic mass is 10.2. The van der Waals surface area contributed by atoms with Crippen LogP contribution in [-0.4, -0.2) is 15.3 Å². The van der Waals surface area contributed by atoms with Gasteiger partial charge in [0.1, 0.15) is 0 Å². The maximum absolute atomic E-state index is 12.5. The average Bonchev–Trinajstić information content (AvgIpc) is 2.40. The van der Waals surface area contributed by atoms with Gasteiger partial charge < -0.3 is 0 Å². The highest BCUT2D eigenvalue weighted by Gasteiger charge is 2.10. The maximum atomic E-state index is 12.5. The lowest BCUT2D eigenvalue weighted by Gasteiger charge is -2.10. The van der Waals surface area contributed by atoms with Gasteiger partial charge in [0.05, 0.1) is 10.9 Å². The Morgan fingerprint density at radius 2 is 2.30 bits per heavy atom. The molecule has 6 heteroatoms. The first-order valence-electron chi connectivity index (χ1n) is 6.18. The van der Waals surface area contributed by atoms with Crippen LogP contribution >= 0.6 is 46.0 Å². The van der Waals surface area contributed by atoms with Crippen LogP contribution in [0, 0.1) is 3.57 Å². The quantitative estimate of drug-likeness (QED) is 0.421. The third kappa shape index (κ3) is 3.56. The van der Waals surface area contributed by atoms with Gasteiger partial charge in [-0.1, -0.05) is 29.4 Å². The van der Waals surface area contributed by atoms with Crippen LogP contribution in [0.15, 0.2) is 39.3 Å². The fourth-order valence-corrected chi connectivity index (χ4v) is 3.47. The molecular weight excluding hydrogens is 407 g/mol. The molecule has 2 rings (SSSR count). The predicted octanol–water partition coefficient (Wildman–Crippen LogP) is 4.26. The number of hydrogen-bond acceptors (Lipinski definition) is 3. The number of nitrogens with zero attached hydrogens (tertiary/aromatic N) is 2. The zero-order valence-electron chi connectivity index (χ0n) is 11.2. The lowest BCUT2D eigenvalue weighted by Crippen LogP contribution is -2.22. The molecule has 0 unspecified atom stereocenters. The molecule has 2 aromatic rings. The van der Waals surface area contributed by atoms with Crippen molar-refractivity contribution in [2.45, 2.75) is 25.5 Å². The van der Waals surface area contributed by atoms with Gasteiger partial charge in [0.15, 0.2) is 5.16 Å². The summed E-state index contributed by atoms with van der Waals surface area (Å²) in [7, 11) is 0. The van der Waals surface area contributed by atoms with Gasteiger partial charge in [0, 0.05) is 20.9 Å². The SMILES string of the molecule is CCn1c(SC/C=C(\C)Cl)nc2ccc(I)cc2c1=O. The van der Waals surface area contributed by atoms with E-state index in [1.54, 1.807) is 4.57 Å². The Bertz CT molecular complexity index is 723. The second kappa shape index (κ2) is 6.95. The number of fused-ring (bicyclic) bond motifs is 1. The highest BCUT2D eigenvalue weighted by molar-refractivity contribution is 14.1. The van der Waals surface area contributed by atoms with Crippen LogP contribution in [0.25, 0.3) is 10.9 Å². The van der Waals surface area contributed by atoms with E-state index in [1.165, 1.54) is 11.8 Å². The molecule has 0 aliphatic rings. The summed E-state index contributed by atoms with van der Waals surface area (Å²) in [5.41, 5.74) is 0.763. The Morgan fingerprint density at radius 1 is 1.55 bits per heavy atom. The van der Waals surface area contributed by atoms with Crippen molar-refractivity contribution in [1.29, 1.82) is 0 Å². The number of aromatic nitrogens is 2. The molecule has 1 heterocycles. The Hall–Kier alpha value is -0.530. The summed E-state index contributed by atoms with van der Waals surface area (Å²) in [6, 6.07) is 5.74. The van der Waals surface area contributed by atoms with E-state index in [9.17, 15) is 4.79 Å². The van der Waals surface area contributed by atoms with Crippen molar-refractivity contribution >= 4 is 56.9 Å². The van der Waals surface area contributed by atoms with Crippen LogP contribution in [0.3, 0.4) is 0 Å². The average molecular weight is 421 g/mol. The van der Waals surface area contributed by atoms with E-state index in [-0.39, 0.29) is 5.56 Å². The first-order chi connectivity index (χ1) is 9.52. The van der Waals surface area contributed by atoms with Gasteiger partial charge in [0.25, 0.3) is 5.56 Å². The topological polar surface area (TPSA) is 34.9 Å². The molecule has 1 aromatic heterocycles. The molecular formula is C14H14ClIN2OS. The molecule has 0 amide bonds. The molecule has 0 spiro atoms. The minimum atomic E-state index is 0.0186. The van der Waals surface area contributed by atoms with Crippen LogP contribution in [0.5, 0.6) is 0 Å². The Labute approximate surface area is 140 Å². The first kappa shape index (κ1) is 15.9. The van der Waals surface area contributed by atoms with Crippen molar-refractivity contribution in [3.63, 3.8) is 0 Å². The highest BCUT2D eigenvalue weighted by Crippen LogP contribution is 2.20. The summed E-state index contributed by atoms with van der Waals surface area (Å²) in [5, 5.41) is 2.16. The third-order valence-electron chi connectivity index (χ3n) is 2.77. The summed E-state index contributed by atoms with van der Waals surface area (Å²) in [4.78, 5) is 17.1. The van der Waals surface area contributed by atoms with Crippen molar-refractivity contribution in [2.75, 3.05) is 5.75 Å². The molecule has 20 heavy (non-hydrogen) atoms. The van der Waals surface area contributed by atoms with Gasteiger partial charge in [0.2, 0.25) is 0 Å². The second-order valence-electron chi connectivity index (χ2n) is 4.21. The normalized spacial score (nSPS) is 12.1. The van der Waals surface area contributed by atoms with Crippen LogP contribution < -0.4 is 5.56 Å². The molecule has 0 aliphatic carbocycles. The third-order valence-corrected chi connectivity index (χ3v) is 4.50. The summed E-state index contributed by atoms with van der Waals surface area (Å²) in [5.74, 6) is 0.706. The van der Waals surface area contributed by atoms with E-state index in [4.69, 9.17) is 11.6 Å². The van der Waals surface area contributed by atoms with Crippen LogP contribution in [0.1, 0.15) is 13.8 Å². The summed E-state index contributed by atoms with van der Waals surface area (Å²) in [6.45, 7) is 4.40. The van der Waals surface area contributed by atoms with Crippen LogP contribution in [0.2, 0.25) is 0 Å². The van der Waals surface area contributed by atoms with Gasteiger partial charge in [-0.3, -0.25) is 9.36 Å². The molecule has 0 atom stereocenters. The van der Waals surface area contributed by atoms with Gasteiger partial charge in [-0.25, -0.2) is 4.98 Å². The van der Waals surface area contributed by atoms with Crippen molar-refractivity contribution in [3.8, 4) is 0 Å². The van der Waals surface area contributed by atoms with Gasteiger partial charge in [-0.05, 0) is 54.6 Å².